The molecule has 1 aliphatic carbocycles. The van der Waals surface area contributed by atoms with Crippen molar-refractivity contribution < 1.29 is 13.5 Å². The predicted molar refractivity (Wildman–Crippen MR) is 84.4 cm³/mol. The molecule has 4 nitrogen and oxygen atoms in total. The number of benzene rings is 1. The molecule has 0 unspecified atom stereocenters. The van der Waals surface area contributed by atoms with Gasteiger partial charge in [-0.15, -0.1) is 0 Å². The van der Waals surface area contributed by atoms with E-state index in [1.807, 2.05) is 0 Å². The third-order valence-electron chi connectivity index (χ3n) is 3.67. The molecule has 0 bridgehead atoms. The van der Waals surface area contributed by atoms with Gasteiger partial charge < -0.3 is 5.11 Å². The minimum Gasteiger partial charge on any atom is -0.384 e. The molecule has 1 aromatic rings. The Morgan fingerprint density at radius 3 is 2.62 bits per heavy atom. The summed E-state index contributed by atoms with van der Waals surface area (Å²) in [5, 5.41) is 8.76. The number of sulfonamides is 1. The molecule has 0 atom stereocenters. The Labute approximate surface area is 126 Å². The molecule has 1 aliphatic rings. The molecule has 0 saturated heterocycles. The van der Waals surface area contributed by atoms with Crippen LogP contribution in [0.2, 0.25) is 0 Å². The van der Waals surface area contributed by atoms with Gasteiger partial charge in [-0.25, -0.2) is 8.42 Å². The van der Waals surface area contributed by atoms with E-state index < -0.39 is 10.0 Å². The highest BCUT2D eigenvalue weighted by molar-refractivity contribution is 7.92. The van der Waals surface area contributed by atoms with Crippen LogP contribution in [0.1, 0.15) is 37.7 Å². The molecule has 0 radical (unpaired) electrons. The molecule has 1 aromatic carbocycles. The highest BCUT2D eigenvalue weighted by Gasteiger charge is 2.21. The van der Waals surface area contributed by atoms with E-state index in [9.17, 15) is 8.42 Å². The second-order valence-electron chi connectivity index (χ2n) is 5.39. The summed E-state index contributed by atoms with van der Waals surface area (Å²) in [7, 11) is -3.36. The van der Waals surface area contributed by atoms with Crippen LogP contribution in [-0.2, 0) is 10.0 Å². The molecule has 5 heteroatoms. The summed E-state index contributed by atoms with van der Waals surface area (Å²) in [4.78, 5) is 0. The number of nitrogens with one attached hydrogen (secondary N) is 1. The van der Waals surface area contributed by atoms with Gasteiger partial charge in [0.25, 0.3) is 0 Å². The van der Waals surface area contributed by atoms with E-state index >= 15 is 0 Å². The first kappa shape index (κ1) is 15.9. The van der Waals surface area contributed by atoms with E-state index in [1.54, 1.807) is 24.3 Å². The maximum atomic E-state index is 12.3. The Hall–Kier alpha value is -1.51. The van der Waals surface area contributed by atoms with Gasteiger partial charge in [-0.05, 0) is 30.9 Å². The van der Waals surface area contributed by atoms with Crippen molar-refractivity contribution in [3.8, 4) is 11.8 Å². The van der Waals surface area contributed by atoms with E-state index in [0.717, 1.165) is 25.7 Å². The summed E-state index contributed by atoms with van der Waals surface area (Å²) in [6.07, 6.45) is 5.45. The highest BCUT2D eigenvalue weighted by atomic mass is 32.2. The fraction of sp³-hybridized carbons (Fsp3) is 0.500. The van der Waals surface area contributed by atoms with Crippen LogP contribution in [0.5, 0.6) is 0 Å². The lowest BCUT2D eigenvalue weighted by Gasteiger charge is -2.21. The number of hydrogen-bond donors (Lipinski definition) is 2. The van der Waals surface area contributed by atoms with E-state index in [-0.39, 0.29) is 18.3 Å². The minimum absolute atomic E-state index is 0.175. The fourth-order valence-electron chi connectivity index (χ4n) is 2.69. The Morgan fingerprint density at radius 1 is 1.19 bits per heavy atom. The Balaban J connectivity index is 2.09. The van der Waals surface area contributed by atoms with Crippen molar-refractivity contribution >= 4 is 15.7 Å². The molecule has 1 saturated carbocycles. The molecule has 2 N–H and O–H groups in total. The van der Waals surface area contributed by atoms with E-state index in [4.69, 9.17) is 5.11 Å². The first-order chi connectivity index (χ1) is 10.1. The van der Waals surface area contributed by atoms with Gasteiger partial charge in [0, 0.05) is 5.56 Å². The quantitative estimate of drug-likeness (QED) is 0.839. The number of aliphatic hydroxyl groups is 1. The third kappa shape index (κ3) is 5.07. The van der Waals surface area contributed by atoms with Gasteiger partial charge in [-0.1, -0.05) is 43.2 Å². The lowest BCUT2D eigenvalue weighted by molar-refractivity contribution is 0.350. The number of rotatable bonds is 4. The molecule has 0 aliphatic heterocycles. The molecular formula is C16H21NO3S. The molecule has 0 aromatic heterocycles. The normalized spacial score (nSPS) is 16.0. The zero-order valence-electron chi connectivity index (χ0n) is 12.0. The summed E-state index contributed by atoms with van der Waals surface area (Å²) < 4.78 is 27.2. The third-order valence-corrected chi connectivity index (χ3v) is 5.12. The van der Waals surface area contributed by atoms with Crippen LogP contribution in [0.3, 0.4) is 0 Å². The molecular weight excluding hydrogens is 286 g/mol. The van der Waals surface area contributed by atoms with Crippen LogP contribution in [0, 0.1) is 17.8 Å². The van der Waals surface area contributed by atoms with Crippen LogP contribution in [0.25, 0.3) is 0 Å². The van der Waals surface area contributed by atoms with Crippen LogP contribution in [0.15, 0.2) is 24.3 Å². The Kier molecular flexibility index (Phi) is 5.66. The smallest absolute Gasteiger partial charge is 0.233 e. The molecule has 0 heterocycles. The first-order valence-electron chi connectivity index (χ1n) is 7.30. The molecule has 0 amide bonds. The van der Waals surface area contributed by atoms with Gasteiger partial charge in [0.15, 0.2) is 0 Å². The molecule has 0 spiro atoms. The van der Waals surface area contributed by atoms with E-state index in [1.165, 1.54) is 6.42 Å². The molecule has 1 fully saturated rings. The summed E-state index contributed by atoms with van der Waals surface area (Å²) in [6, 6.07) is 6.99. The van der Waals surface area contributed by atoms with Gasteiger partial charge in [0.2, 0.25) is 10.0 Å². The van der Waals surface area contributed by atoms with E-state index in [2.05, 4.69) is 16.6 Å². The van der Waals surface area contributed by atoms with Gasteiger partial charge in [-0.2, -0.15) is 0 Å². The standard InChI is InChI=1S/C16H21NO3S/c18-12-6-10-15-9-4-5-11-16(15)17-21(19,20)13-14-7-2-1-3-8-14/h4-5,9,11,14,17-18H,1-3,7-8,12-13H2. The van der Waals surface area contributed by atoms with E-state index in [0.29, 0.717) is 11.3 Å². The summed E-state index contributed by atoms with van der Waals surface area (Å²) in [6.45, 7) is -0.247. The average molecular weight is 307 g/mol. The SMILES string of the molecule is O=S(=O)(CC1CCCCC1)Nc1ccccc1C#CCO. The lowest BCUT2D eigenvalue weighted by atomic mass is 9.91. The van der Waals surface area contributed by atoms with Crippen molar-refractivity contribution in [1.82, 2.24) is 0 Å². The lowest BCUT2D eigenvalue weighted by Crippen LogP contribution is -2.24. The van der Waals surface area contributed by atoms with Crippen molar-refractivity contribution in [1.29, 1.82) is 0 Å². The average Bonchev–Trinajstić information content (AvgIpc) is 2.46. The minimum atomic E-state index is -3.36. The van der Waals surface area contributed by atoms with Crippen molar-refractivity contribution in [2.24, 2.45) is 5.92 Å². The second-order valence-corrected chi connectivity index (χ2v) is 7.16. The van der Waals surface area contributed by atoms with Crippen LogP contribution in [-0.4, -0.2) is 25.9 Å². The van der Waals surface area contributed by atoms with Crippen molar-refractivity contribution in [2.75, 3.05) is 17.1 Å². The highest BCUT2D eigenvalue weighted by Crippen LogP contribution is 2.26. The zero-order valence-corrected chi connectivity index (χ0v) is 12.8. The van der Waals surface area contributed by atoms with Crippen LogP contribution < -0.4 is 4.72 Å². The predicted octanol–water partition coefficient (Wildman–Crippen LogP) is 2.35. The summed E-state index contributed by atoms with van der Waals surface area (Å²) >= 11 is 0. The summed E-state index contributed by atoms with van der Waals surface area (Å²) in [5.74, 6) is 5.74. The maximum Gasteiger partial charge on any atom is 0.233 e. The molecule has 114 valence electrons. The Bertz CT molecular complexity index is 622. The first-order valence-corrected chi connectivity index (χ1v) is 8.95. The van der Waals surface area contributed by atoms with Crippen LogP contribution >= 0.6 is 0 Å². The number of hydrogen-bond acceptors (Lipinski definition) is 3. The van der Waals surface area contributed by atoms with Crippen molar-refractivity contribution in [2.45, 2.75) is 32.1 Å². The van der Waals surface area contributed by atoms with Gasteiger partial charge in [-0.3, -0.25) is 4.72 Å². The number of para-hydroxylation sites is 1. The maximum absolute atomic E-state index is 12.3. The van der Waals surface area contributed by atoms with Crippen molar-refractivity contribution in [3.63, 3.8) is 0 Å². The molecule has 2 rings (SSSR count). The Morgan fingerprint density at radius 2 is 1.90 bits per heavy atom. The largest absolute Gasteiger partial charge is 0.384 e. The van der Waals surface area contributed by atoms with Crippen LogP contribution in [0.4, 0.5) is 5.69 Å². The summed E-state index contributed by atoms with van der Waals surface area (Å²) in [5.41, 5.74) is 1.06. The van der Waals surface area contributed by atoms with Gasteiger partial charge in [0.1, 0.15) is 6.61 Å². The zero-order chi connectivity index (χ0) is 15.1. The topological polar surface area (TPSA) is 66.4 Å². The van der Waals surface area contributed by atoms with Gasteiger partial charge in [0.05, 0.1) is 11.4 Å². The number of aliphatic hydroxyl groups excluding tert-OH is 1. The molecule has 21 heavy (non-hydrogen) atoms. The monoisotopic (exact) mass is 307 g/mol. The number of anilines is 1. The fourth-order valence-corrected chi connectivity index (χ4v) is 4.24. The van der Waals surface area contributed by atoms with Crippen molar-refractivity contribution in [3.05, 3.63) is 29.8 Å². The second kappa shape index (κ2) is 7.48. The van der Waals surface area contributed by atoms with Gasteiger partial charge >= 0.3 is 0 Å².